The summed E-state index contributed by atoms with van der Waals surface area (Å²) in [6.07, 6.45) is 9.44. The molecule has 1 aliphatic carbocycles. The second-order valence-electron chi connectivity index (χ2n) is 9.34. The molecule has 1 atom stereocenters. The molecule has 1 amide bonds. The number of allylic oxidation sites excluding steroid dienone is 2. The minimum atomic E-state index is -1.00. The highest BCUT2D eigenvalue weighted by Crippen LogP contribution is 2.27. The Morgan fingerprint density at radius 1 is 1.19 bits per heavy atom. The molecule has 1 N–H and O–H groups in total. The van der Waals surface area contributed by atoms with E-state index in [-0.39, 0.29) is 23.9 Å². The van der Waals surface area contributed by atoms with Gasteiger partial charge in [-0.3, -0.25) is 14.2 Å². The predicted octanol–water partition coefficient (Wildman–Crippen LogP) is 3.75. The van der Waals surface area contributed by atoms with Crippen molar-refractivity contribution < 1.29 is 9.90 Å². The third kappa shape index (κ3) is 5.36. The van der Waals surface area contributed by atoms with Crippen LogP contribution in [0.3, 0.4) is 0 Å². The summed E-state index contributed by atoms with van der Waals surface area (Å²) in [4.78, 5) is 31.7. The minimum Gasteiger partial charge on any atom is -0.388 e. The van der Waals surface area contributed by atoms with Crippen LogP contribution in [0.25, 0.3) is 5.57 Å². The van der Waals surface area contributed by atoms with E-state index < -0.39 is 5.60 Å². The Kier molecular flexibility index (Phi) is 6.89. The lowest BCUT2D eigenvalue weighted by Crippen LogP contribution is -2.49. The second-order valence-corrected chi connectivity index (χ2v) is 9.34. The third-order valence-corrected chi connectivity index (χ3v) is 6.86. The third-order valence-electron chi connectivity index (χ3n) is 6.86. The lowest BCUT2D eigenvalue weighted by Gasteiger charge is -2.38. The number of hydrogen-bond acceptors (Lipinski definition) is 4. The molecular formula is C26H33N3O3. The van der Waals surface area contributed by atoms with Crippen LogP contribution in [0, 0.1) is 0 Å². The molecule has 1 aromatic heterocycles. The van der Waals surface area contributed by atoms with Gasteiger partial charge in [0.15, 0.2) is 0 Å². The highest BCUT2D eigenvalue weighted by atomic mass is 16.3. The standard InChI is InChI=1S/C26H33N3O3/c1-20(21-8-4-2-5-9-21)16-24(30)28-14-12-26(32,13-15-28)18-29-19-27-23(17-25(29)31)22-10-6-3-7-11-22/h2,4-5,8-10,17,19-20,32H,3,6-7,11-16,18H2,1H3/t20-/m1/s1. The number of likely N-dealkylation sites (tertiary alicyclic amines) is 1. The zero-order valence-electron chi connectivity index (χ0n) is 18.9. The number of carbonyl (C=O) groups excluding carboxylic acids is 1. The number of nitrogens with zero attached hydrogens (tertiary/aromatic N) is 3. The van der Waals surface area contributed by atoms with Crippen LogP contribution >= 0.6 is 0 Å². The van der Waals surface area contributed by atoms with Crippen molar-refractivity contribution in [2.75, 3.05) is 13.1 Å². The van der Waals surface area contributed by atoms with E-state index in [1.165, 1.54) is 11.0 Å². The summed E-state index contributed by atoms with van der Waals surface area (Å²) in [6.45, 7) is 3.29. The van der Waals surface area contributed by atoms with Crippen molar-refractivity contribution in [1.82, 2.24) is 14.5 Å². The van der Waals surface area contributed by atoms with Gasteiger partial charge in [-0.25, -0.2) is 4.98 Å². The van der Waals surface area contributed by atoms with Gasteiger partial charge >= 0.3 is 0 Å². The van der Waals surface area contributed by atoms with Crippen LogP contribution in [0.2, 0.25) is 0 Å². The van der Waals surface area contributed by atoms with Crippen molar-refractivity contribution in [2.45, 2.75) is 69.9 Å². The number of carbonyl (C=O) groups is 1. The van der Waals surface area contributed by atoms with E-state index >= 15 is 0 Å². The van der Waals surface area contributed by atoms with E-state index in [9.17, 15) is 14.7 Å². The maximum atomic E-state index is 12.8. The molecule has 0 saturated carbocycles. The van der Waals surface area contributed by atoms with Gasteiger partial charge in [-0.1, -0.05) is 43.3 Å². The van der Waals surface area contributed by atoms with E-state index in [0.717, 1.165) is 36.1 Å². The number of aromatic nitrogens is 2. The lowest BCUT2D eigenvalue weighted by molar-refractivity contribution is -0.136. The number of benzene rings is 1. The zero-order chi connectivity index (χ0) is 22.6. The van der Waals surface area contributed by atoms with Crippen molar-refractivity contribution in [2.24, 2.45) is 0 Å². The van der Waals surface area contributed by atoms with Crippen LogP contribution in [-0.2, 0) is 11.3 Å². The summed E-state index contributed by atoms with van der Waals surface area (Å²) in [6, 6.07) is 11.7. The van der Waals surface area contributed by atoms with E-state index in [1.54, 1.807) is 12.4 Å². The van der Waals surface area contributed by atoms with E-state index in [2.05, 4.69) is 30.1 Å². The molecule has 6 heteroatoms. The van der Waals surface area contributed by atoms with Crippen LogP contribution in [-0.4, -0.2) is 44.2 Å². The molecule has 4 rings (SSSR count). The molecule has 0 spiro atoms. The number of amides is 1. The Labute approximate surface area is 189 Å². The van der Waals surface area contributed by atoms with E-state index in [4.69, 9.17) is 0 Å². The smallest absolute Gasteiger partial charge is 0.253 e. The van der Waals surface area contributed by atoms with Crippen LogP contribution in [0.5, 0.6) is 0 Å². The molecule has 1 aromatic carbocycles. The van der Waals surface area contributed by atoms with Gasteiger partial charge in [0.2, 0.25) is 5.91 Å². The molecular weight excluding hydrogens is 402 g/mol. The van der Waals surface area contributed by atoms with Gasteiger partial charge in [0.05, 0.1) is 24.2 Å². The molecule has 2 heterocycles. The molecule has 2 aliphatic rings. The highest BCUT2D eigenvalue weighted by Gasteiger charge is 2.34. The van der Waals surface area contributed by atoms with Gasteiger partial charge in [-0.05, 0) is 55.6 Å². The van der Waals surface area contributed by atoms with Crippen molar-refractivity contribution in [3.8, 4) is 0 Å². The quantitative estimate of drug-likeness (QED) is 0.750. The Morgan fingerprint density at radius 3 is 2.59 bits per heavy atom. The summed E-state index contributed by atoms with van der Waals surface area (Å²) >= 11 is 0. The molecule has 2 aromatic rings. The van der Waals surface area contributed by atoms with E-state index in [0.29, 0.717) is 32.4 Å². The average molecular weight is 436 g/mol. The molecule has 32 heavy (non-hydrogen) atoms. The summed E-state index contributed by atoms with van der Waals surface area (Å²) in [5.74, 6) is 0.277. The average Bonchev–Trinajstić information content (AvgIpc) is 2.82. The van der Waals surface area contributed by atoms with Crippen molar-refractivity contribution in [3.63, 3.8) is 0 Å². The van der Waals surface area contributed by atoms with Crippen LogP contribution < -0.4 is 5.56 Å². The SMILES string of the molecule is C[C@H](CC(=O)N1CCC(O)(Cn2cnc(C3=CCCCC3)cc2=O)CC1)c1ccccc1. The first-order chi connectivity index (χ1) is 15.4. The van der Waals surface area contributed by atoms with Crippen LogP contribution in [0.4, 0.5) is 0 Å². The normalized spacial score (nSPS) is 19.3. The fourth-order valence-corrected chi connectivity index (χ4v) is 4.73. The topological polar surface area (TPSA) is 75.4 Å². The van der Waals surface area contributed by atoms with Crippen molar-refractivity contribution >= 4 is 11.5 Å². The predicted molar refractivity (Wildman–Crippen MR) is 125 cm³/mol. The molecule has 0 unspecified atom stereocenters. The Balaban J connectivity index is 1.33. The molecule has 1 saturated heterocycles. The van der Waals surface area contributed by atoms with Gasteiger partial charge in [0.25, 0.3) is 5.56 Å². The molecule has 1 fully saturated rings. The fourth-order valence-electron chi connectivity index (χ4n) is 4.73. The van der Waals surface area contributed by atoms with Crippen molar-refractivity contribution in [1.29, 1.82) is 0 Å². The summed E-state index contributed by atoms with van der Waals surface area (Å²) < 4.78 is 1.50. The van der Waals surface area contributed by atoms with Gasteiger partial charge in [0.1, 0.15) is 0 Å². The number of piperidine rings is 1. The largest absolute Gasteiger partial charge is 0.388 e. The minimum absolute atomic E-state index is 0.118. The fraction of sp³-hybridized carbons (Fsp3) is 0.500. The number of hydrogen-bond donors (Lipinski definition) is 1. The van der Waals surface area contributed by atoms with Crippen molar-refractivity contribution in [3.05, 3.63) is 70.4 Å². The highest BCUT2D eigenvalue weighted by molar-refractivity contribution is 5.77. The first-order valence-electron chi connectivity index (χ1n) is 11.7. The van der Waals surface area contributed by atoms with Crippen LogP contribution in [0.15, 0.2) is 53.6 Å². The number of rotatable bonds is 6. The van der Waals surface area contributed by atoms with Gasteiger partial charge in [0, 0.05) is 25.6 Å². The Hall–Kier alpha value is -2.73. The van der Waals surface area contributed by atoms with Gasteiger partial charge < -0.3 is 10.0 Å². The Bertz CT molecular complexity index is 1020. The second kappa shape index (κ2) is 9.82. The molecule has 0 radical (unpaired) electrons. The maximum Gasteiger partial charge on any atom is 0.253 e. The molecule has 170 valence electrons. The molecule has 1 aliphatic heterocycles. The number of aliphatic hydroxyl groups is 1. The summed E-state index contributed by atoms with van der Waals surface area (Å²) in [5, 5.41) is 11.1. The first-order valence-corrected chi connectivity index (χ1v) is 11.7. The van der Waals surface area contributed by atoms with Gasteiger partial charge in [-0.15, -0.1) is 0 Å². The monoisotopic (exact) mass is 435 g/mol. The summed E-state index contributed by atoms with van der Waals surface area (Å²) in [5.41, 5.74) is 1.93. The van der Waals surface area contributed by atoms with Gasteiger partial charge in [-0.2, -0.15) is 0 Å². The van der Waals surface area contributed by atoms with E-state index in [1.807, 2.05) is 23.1 Å². The lowest BCUT2D eigenvalue weighted by atomic mass is 9.90. The molecule has 6 nitrogen and oxygen atoms in total. The summed E-state index contributed by atoms with van der Waals surface area (Å²) in [7, 11) is 0. The zero-order valence-corrected chi connectivity index (χ0v) is 18.9. The molecule has 0 bridgehead atoms. The van der Waals surface area contributed by atoms with Crippen LogP contribution in [0.1, 0.15) is 69.0 Å². The maximum absolute atomic E-state index is 12.8. The Morgan fingerprint density at radius 2 is 1.94 bits per heavy atom. The first kappa shape index (κ1) is 22.5.